The Bertz CT molecular complexity index is 1170. The number of nitrogens with two attached hydrogens (primary N) is 1. The third-order valence-corrected chi connectivity index (χ3v) is 6.03. The van der Waals surface area contributed by atoms with Crippen LogP contribution in [0, 0.1) is 6.92 Å². The van der Waals surface area contributed by atoms with Crippen LogP contribution in [0.3, 0.4) is 0 Å². The van der Waals surface area contributed by atoms with Gasteiger partial charge >= 0.3 is 0 Å². The molecular formula is C19H18N6O2S2. The first-order chi connectivity index (χ1) is 14.0. The molecule has 10 heteroatoms. The molecule has 2 aromatic heterocycles. The molecule has 0 aliphatic heterocycles. The van der Waals surface area contributed by atoms with Crippen molar-refractivity contribution in [3.05, 3.63) is 48.0 Å². The molecule has 8 nitrogen and oxygen atoms in total. The number of hydrogen-bond donors (Lipinski definition) is 2. The van der Waals surface area contributed by atoms with E-state index in [-0.39, 0.29) is 11.7 Å². The number of carbonyl (C=O) groups is 1. The molecule has 0 spiro atoms. The minimum atomic E-state index is -0.194. The number of aryl methyl sites for hydroxylation is 1. The van der Waals surface area contributed by atoms with Gasteiger partial charge in [0.2, 0.25) is 11.1 Å². The number of fused-ring (bicyclic) bond motifs is 1. The Kier molecular flexibility index (Phi) is 5.36. The van der Waals surface area contributed by atoms with Gasteiger partial charge in [0.15, 0.2) is 11.0 Å². The molecule has 0 saturated carbocycles. The van der Waals surface area contributed by atoms with Crippen LogP contribution in [0.2, 0.25) is 0 Å². The van der Waals surface area contributed by atoms with Crippen LogP contribution < -0.4 is 15.9 Å². The summed E-state index contributed by atoms with van der Waals surface area (Å²) in [5.41, 5.74) is 2.83. The molecule has 0 saturated heterocycles. The molecular weight excluding hydrogens is 408 g/mol. The predicted molar refractivity (Wildman–Crippen MR) is 116 cm³/mol. The second-order valence-electron chi connectivity index (χ2n) is 6.23. The number of aromatic nitrogens is 4. The van der Waals surface area contributed by atoms with E-state index in [9.17, 15) is 4.79 Å². The molecule has 0 unspecified atom stereocenters. The number of hydrogen-bond acceptors (Lipinski definition) is 8. The maximum atomic E-state index is 12.3. The minimum absolute atomic E-state index is 0.141. The number of amides is 1. The first-order valence-electron chi connectivity index (χ1n) is 8.68. The maximum absolute atomic E-state index is 12.3. The highest BCUT2D eigenvalue weighted by atomic mass is 32.2. The summed E-state index contributed by atoms with van der Waals surface area (Å²) in [6.45, 7) is 2.01. The van der Waals surface area contributed by atoms with Crippen LogP contribution >= 0.6 is 23.1 Å². The fraction of sp³-hybridized carbons (Fsp3) is 0.158. The first kappa shape index (κ1) is 19.2. The van der Waals surface area contributed by atoms with Gasteiger partial charge in [-0.05, 0) is 25.1 Å². The second kappa shape index (κ2) is 8.10. The van der Waals surface area contributed by atoms with Crippen LogP contribution in [0.25, 0.3) is 21.6 Å². The van der Waals surface area contributed by atoms with Crippen molar-refractivity contribution in [1.82, 2.24) is 19.9 Å². The first-order valence-corrected chi connectivity index (χ1v) is 10.5. The van der Waals surface area contributed by atoms with E-state index in [1.54, 1.807) is 7.11 Å². The largest absolute Gasteiger partial charge is 0.497 e. The smallest absolute Gasteiger partial charge is 0.236 e. The van der Waals surface area contributed by atoms with Crippen LogP contribution in [0.15, 0.2) is 47.6 Å². The van der Waals surface area contributed by atoms with Gasteiger partial charge in [-0.2, -0.15) is 0 Å². The zero-order valence-corrected chi connectivity index (χ0v) is 17.4. The number of anilines is 1. The van der Waals surface area contributed by atoms with Crippen LogP contribution in [-0.4, -0.2) is 38.6 Å². The van der Waals surface area contributed by atoms with E-state index < -0.39 is 0 Å². The molecule has 148 valence electrons. The Morgan fingerprint density at radius 2 is 2.03 bits per heavy atom. The fourth-order valence-electron chi connectivity index (χ4n) is 2.65. The Labute approximate surface area is 175 Å². The SMILES string of the molecule is COc1ccc2nc(NC(=O)CSc3nnc(-c4ccc(C)cc4)n3N)sc2c1. The Morgan fingerprint density at radius 3 is 2.79 bits per heavy atom. The summed E-state index contributed by atoms with van der Waals surface area (Å²) in [4.78, 5) is 16.7. The lowest BCUT2D eigenvalue weighted by molar-refractivity contribution is -0.113. The minimum Gasteiger partial charge on any atom is -0.497 e. The number of rotatable bonds is 6. The van der Waals surface area contributed by atoms with Crippen LogP contribution in [0.4, 0.5) is 5.13 Å². The molecule has 4 rings (SSSR count). The number of carbonyl (C=O) groups excluding carboxylic acids is 1. The van der Waals surface area contributed by atoms with Crippen LogP contribution in [0.5, 0.6) is 5.75 Å². The number of nitrogens with zero attached hydrogens (tertiary/aromatic N) is 4. The van der Waals surface area contributed by atoms with Crippen molar-refractivity contribution in [2.45, 2.75) is 12.1 Å². The summed E-state index contributed by atoms with van der Waals surface area (Å²) in [6, 6.07) is 13.4. The molecule has 0 bridgehead atoms. The van der Waals surface area contributed by atoms with Crippen LogP contribution in [0.1, 0.15) is 5.56 Å². The van der Waals surface area contributed by atoms with Crippen molar-refractivity contribution in [3.8, 4) is 17.1 Å². The van der Waals surface area contributed by atoms with Crippen molar-refractivity contribution in [1.29, 1.82) is 0 Å². The van der Waals surface area contributed by atoms with Gasteiger partial charge in [0, 0.05) is 5.56 Å². The highest BCUT2D eigenvalue weighted by Crippen LogP contribution is 2.29. The molecule has 1 amide bonds. The van der Waals surface area contributed by atoms with Gasteiger partial charge in [-0.1, -0.05) is 52.9 Å². The molecule has 0 atom stereocenters. The normalized spacial score (nSPS) is 11.0. The summed E-state index contributed by atoms with van der Waals surface area (Å²) >= 11 is 2.61. The monoisotopic (exact) mass is 426 g/mol. The highest BCUT2D eigenvalue weighted by Gasteiger charge is 2.15. The Balaban J connectivity index is 1.40. The molecule has 0 fully saturated rings. The lowest BCUT2D eigenvalue weighted by atomic mass is 10.1. The molecule has 3 N–H and O–H groups in total. The lowest BCUT2D eigenvalue weighted by Gasteiger charge is -2.04. The second-order valence-corrected chi connectivity index (χ2v) is 8.20. The molecule has 0 aliphatic carbocycles. The highest BCUT2D eigenvalue weighted by molar-refractivity contribution is 7.99. The van der Waals surface area contributed by atoms with Gasteiger partial charge in [-0.15, -0.1) is 10.2 Å². The molecule has 2 aromatic carbocycles. The summed E-state index contributed by atoms with van der Waals surface area (Å²) in [5, 5.41) is 12.0. The number of thiazole rings is 1. The van der Waals surface area contributed by atoms with Crippen molar-refractivity contribution < 1.29 is 9.53 Å². The topological polar surface area (TPSA) is 108 Å². The van der Waals surface area contributed by atoms with Gasteiger partial charge in [-0.25, -0.2) is 9.66 Å². The molecule has 4 aromatic rings. The van der Waals surface area contributed by atoms with Gasteiger partial charge in [0.25, 0.3) is 0 Å². The van der Waals surface area contributed by atoms with Gasteiger partial charge in [0.05, 0.1) is 23.1 Å². The number of ether oxygens (including phenoxy) is 1. The summed E-state index contributed by atoms with van der Waals surface area (Å²) in [7, 11) is 1.61. The van der Waals surface area contributed by atoms with E-state index in [0.717, 1.165) is 27.1 Å². The summed E-state index contributed by atoms with van der Waals surface area (Å²) in [6.07, 6.45) is 0. The van der Waals surface area contributed by atoms with Crippen LogP contribution in [-0.2, 0) is 4.79 Å². The van der Waals surface area contributed by atoms with Crippen molar-refractivity contribution in [2.24, 2.45) is 0 Å². The molecule has 0 aliphatic rings. The van der Waals surface area contributed by atoms with Gasteiger partial charge < -0.3 is 15.9 Å². The third kappa shape index (κ3) is 4.17. The zero-order chi connectivity index (χ0) is 20.4. The standard InChI is InChI=1S/C19H18N6O2S2/c1-11-3-5-12(6-4-11)17-23-24-19(25(17)20)28-10-16(26)22-18-21-14-8-7-13(27-2)9-15(14)29-18/h3-9H,10,20H2,1-2H3,(H,21,22,26). The van der Waals surface area contributed by atoms with E-state index in [2.05, 4.69) is 20.5 Å². The van der Waals surface area contributed by atoms with E-state index in [1.807, 2.05) is 49.4 Å². The van der Waals surface area contributed by atoms with Gasteiger partial charge in [0.1, 0.15) is 5.75 Å². The number of nitrogens with one attached hydrogen (secondary N) is 1. The quantitative estimate of drug-likeness (QED) is 0.360. The average molecular weight is 427 g/mol. The summed E-state index contributed by atoms with van der Waals surface area (Å²) in [5.74, 6) is 7.36. The Hall–Kier alpha value is -3.11. The van der Waals surface area contributed by atoms with E-state index in [1.165, 1.54) is 27.8 Å². The molecule has 29 heavy (non-hydrogen) atoms. The number of nitrogen functional groups attached to an aromatic ring is 1. The fourth-order valence-corrected chi connectivity index (χ4v) is 4.21. The molecule has 2 heterocycles. The molecule has 0 radical (unpaired) electrons. The summed E-state index contributed by atoms with van der Waals surface area (Å²) < 4.78 is 7.55. The maximum Gasteiger partial charge on any atom is 0.236 e. The van der Waals surface area contributed by atoms with E-state index in [0.29, 0.717) is 16.1 Å². The third-order valence-electron chi connectivity index (χ3n) is 4.15. The van der Waals surface area contributed by atoms with E-state index in [4.69, 9.17) is 10.6 Å². The number of benzene rings is 2. The zero-order valence-electron chi connectivity index (χ0n) is 15.7. The van der Waals surface area contributed by atoms with E-state index >= 15 is 0 Å². The Morgan fingerprint density at radius 1 is 1.24 bits per heavy atom. The number of methoxy groups -OCH3 is 1. The lowest BCUT2D eigenvalue weighted by Crippen LogP contribution is -2.16. The average Bonchev–Trinajstić information content (AvgIpc) is 3.29. The van der Waals surface area contributed by atoms with Crippen molar-refractivity contribution in [2.75, 3.05) is 24.0 Å². The van der Waals surface area contributed by atoms with Crippen molar-refractivity contribution >= 4 is 44.4 Å². The number of thioether (sulfide) groups is 1. The van der Waals surface area contributed by atoms with Crippen molar-refractivity contribution in [3.63, 3.8) is 0 Å². The van der Waals surface area contributed by atoms with Gasteiger partial charge in [-0.3, -0.25) is 4.79 Å². The predicted octanol–water partition coefficient (Wildman–Crippen LogP) is 3.32.